The predicted octanol–water partition coefficient (Wildman–Crippen LogP) is 3.00. The highest BCUT2D eigenvalue weighted by Crippen LogP contribution is 2.21. The zero-order chi connectivity index (χ0) is 9.14. The highest BCUT2D eigenvalue weighted by molar-refractivity contribution is 14.1. The highest BCUT2D eigenvalue weighted by Gasteiger charge is 2.02. The number of nitrogens with two attached hydrogens (primary N) is 1. The lowest BCUT2D eigenvalue weighted by molar-refractivity contribution is 1.09. The molecule has 0 aromatic heterocycles. The molecule has 2 heteroatoms. The summed E-state index contributed by atoms with van der Waals surface area (Å²) < 4.78 is 1.33. The summed E-state index contributed by atoms with van der Waals surface area (Å²) in [5, 5.41) is 0. The topological polar surface area (TPSA) is 26.0 Å². The van der Waals surface area contributed by atoms with Gasteiger partial charge in [-0.05, 0) is 58.7 Å². The van der Waals surface area contributed by atoms with Crippen molar-refractivity contribution in [2.75, 3.05) is 5.73 Å². The standard InChI is InChI=1S/C10H14IN/c1-3-7-6-10(12)8(4-2)5-9(7)11/h5-6H,3-4,12H2,1-2H3. The number of rotatable bonds is 2. The molecule has 1 aromatic rings. The van der Waals surface area contributed by atoms with Crippen LogP contribution in [0.1, 0.15) is 25.0 Å². The van der Waals surface area contributed by atoms with Crippen LogP contribution in [0, 0.1) is 3.57 Å². The van der Waals surface area contributed by atoms with E-state index in [4.69, 9.17) is 5.73 Å². The van der Waals surface area contributed by atoms with Crippen LogP contribution in [-0.4, -0.2) is 0 Å². The maximum Gasteiger partial charge on any atom is 0.0349 e. The molecule has 0 spiro atoms. The van der Waals surface area contributed by atoms with Crippen LogP contribution in [0.15, 0.2) is 12.1 Å². The zero-order valence-corrected chi connectivity index (χ0v) is 9.68. The number of aryl methyl sites for hydroxylation is 2. The van der Waals surface area contributed by atoms with Gasteiger partial charge in [0.1, 0.15) is 0 Å². The summed E-state index contributed by atoms with van der Waals surface area (Å²) in [7, 11) is 0. The largest absolute Gasteiger partial charge is 0.398 e. The summed E-state index contributed by atoms with van der Waals surface area (Å²) in [5.41, 5.74) is 9.43. The van der Waals surface area contributed by atoms with E-state index in [1.807, 2.05) is 0 Å². The minimum atomic E-state index is 0.940. The van der Waals surface area contributed by atoms with E-state index < -0.39 is 0 Å². The van der Waals surface area contributed by atoms with Gasteiger partial charge in [-0.1, -0.05) is 13.8 Å². The molecule has 66 valence electrons. The van der Waals surface area contributed by atoms with Gasteiger partial charge in [-0.3, -0.25) is 0 Å². The molecule has 0 saturated carbocycles. The van der Waals surface area contributed by atoms with Gasteiger partial charge in [-0.2, -0.15) is 0 Å². The van der Waals surface area contributed by atoms with Gasteiger partial charge in [0.2, 0.25) is 0 Å². The minimum Gasteiger partial charge on any atom is -0.398 e. The third-order valence-corrected chi connectivity index (χ3v) is 3.07. The maximum absolute atomic E-state index is 5.87. The van der Waals surface area contributed by atoms with Crippen LogP contribution in [0.25, 0.3) is 0 Å². The Hall–Kier alpha value is -0.250. The number of benzene rings is 1. The van der Waals surface area contributed by atoms with Gasteiger partial charge in [0, 0.05) is 9.26 Å². The lowest BCUT2D eigenvalue weighted by Crippen LogP contribution is -1.97. The SMILES string of the molecule is CCc1cc(I)c(CC)cc1N. The summed E-state index contributed by atoms with van der Waals surface area (Å²) >= 11 is 2.37. The van der Waals surface area contributed by atoms with Crippen LogP contribution in [-0.2, 0) is 12.8 Å². The normalized spacial score (nSPS) is 10.2. The molecule has 0 heterocycles. The van der Waals surface area contributed by atoms with Gasteiger partial charge in [-0.25, -0.2) is 0 Å². The van der Waals surface area contributed by atoms with Crippen molar-refractivity contribution in [3.8, 4) is 0 Å². The van der Waals surface area contributed by atoms with E-state index in [2.05, 4.69) is 48.6 Å². The molecule has 0 amide bonds. The predicted molar refractivity (Wildman–Crippen MR) is 62.3 cm³/mol. The van der Waals surface area contributed by atoms with E-state index in [1.165, 1.54) is 14.7 Å². The minimum absolute atomic E-state index is 0.940. The Kier molecular flexibility index (Phi) is 3.38. The summed E-state index contributed by atoms with van der Waals surface area (Å²) in [6.45, 7) is 4.29. The summed E-state index contributed by atoms with van der Waals surface area (Å²) in [6.07, 6.45) is 2.08. The third kappa shape index (κ3) is 1.91. The quantitative estimate of drug-likeness (QED) is 0.651. The zero-order valence-electron chi connectivity index (χ0n) is 7.52. The Bertz CT molecular complexity index is 252. The number of nitrogen functional groups attached to an aromatic ring is 1. The van der Waals surface area contributed by atoms with Crippen molar-refractivity contribution >= 4 is 28.3 Å². The fourth-order valence-corrected chi connectivity index (χ4v) is 2.17. The first-order chi connectivity index (χ1) is 5.69. The second kappa shape index (κ2) is 4.12. The Balaban J connectivity index is 3.16. The van der Waals surface area contributed by atoms with Gasteiger partial charge in [0.25, 0.3) is 0 Å². The smallest absolute Gasteiger partial charge is 0.0349 e. The lowest BCUT2D eigenvalue weighted by atomic mass is 10.1. The third-order valence-electron chi connectivity index (χ3n) is 2.07. The van der Waals surface area contributed by atoms with Crippen LogP contribution in [0.3, 0.4) is 0 Å². The molecule has 0 saturated heterocycles. The van der Waals surface area contributed by atoms with Crippen LogP contribution >= 0.6 is 22.6 Å². The van der Waals surface area contributed by atoms with Crippen molar-refractivity contribution in [3.63, 3.8) is 0 Å². The van der Waals surface area contributed by atoms with Crippen LogP contribution in [0.2, 0.25) is 0 Å². The Morgan fingerprint density at radius 2 is 1.75 bits per heavy atom. The Morgan fingerprint density at radius 1 is 1.17 bits per heavy atom. The summed E-state index contributed by atoms with van der Waals surface area (Å²) in [5.74, 6) is 0. The second-order valence-electron chi connectivity index (χ2n) is 2.85. The molecule has 2 N–H and O–H groups in total. The van der Waals surface area contributed by atoms with E-state index in [0.29, 0.717) is 0 Å². The number of anilines is 1. The maximum atomic E-state index is 5.87. The van der Waals surface area contributed by atoms with E-state index in [9.17, 15) is 0 Å². The van der Waals surface area contributed by atoms with Crippen molar-refractivity contribution in [1.82, 2.24) is 0 Å². The van der Waals surface area contributed by atoms with E-state index in [1.54, 1.807) is 0 Å². The first-order valence-electron chi connectivity index (χ1n) is 4.25. The molecule has 0 fully saturated rings. The molecule has 1 rings (SSSR count). The van der Waals surface area contributed by atoms with Crippen LogP contribution in [0.5, 0.6) is 0 Å². The Labute approximate surface area is 87.5 Å². The van der Waals surface area contributed by atoms with Gasteiger partial charge < -0.3 is 5.73 Å². The van der Waals surface area contributed by atoms with Gasteiger partial charge >= 0.3 is 0 Å². The Morgan fingerprint density at radius 3 is 2.25 bits per heavy atom. The van der Waals surface area contributed by atoms with E-state index >= 15 is 0 Å². The number of hydrogen-bond acceptors (Lipinski definition) is 1. The number of halogens is 1. The fraction of sp³-hybridized carbons (Fsp3) is 0.400. The van der Waals surface area contributed by atoms with Gasteiger partial charge in [0.15, 0.2) is 0 Å². The van der Waals surface area contributed by atoms with Crippen molar-refractivity contribution in [2.45, 2.75) is 26.7 Å². The fourth-order valence-electron chi connectivity index (χ4n) is 1.26. The molecule has 0 aliphatic carbocycles. The lowest BCUT2D eigenvalue weighted by Gasteiger charge is -2.07. The first-order valence-corrected chi connectivity index (χ1v) is 5.33. The molecular formula is C10H14IN. The van der Waals surface area contributed by atoms with Crippen LogP contribution in [0.4, 0.5) is 5.69 Å². The second-order valence-corrected chi connectivity index (χ2v) is 4.01. The molecule has 0 aliphatic rings. The van der Waals surface area contributed by atoms with Crippen molar-refractivity contribution < 1.29 is 0 Å². The molecule has 1 aromatic carbocycles. The summed E-state index contributed by atoms with van der Waals surface area (Å²) in [4.78, 5) is 0. The van der Waals surface area contributed by atoms with Gasteiger partial charge in [0.05, 0.1) is 0 Å². The van der Waals surface area contributed by atoms with E-state index in [-0.39, 0.29) is 0 Å². The molecule has 0 atom stereocenters. The summed E-state index contributed by atoms with van der Waals surface area (Å²) in [6, 6.07) is 4.29. The van der Waals surface area contributed by atoms with E-state index in [0.717, 1.165) is 18.5 Å². The molecule has 0 aliphatic heterocycles. The van der Waals surface area contributed by atoms with Crippen molar-refractivity contribution in [3.05, 3.63) is 26.8 Å². The van der Waals surface area contributed by atoms with Crippen LogP contribution < -0.4 is 5.73 Å². The number of hydrogen-bond donors (Lipinski definition) is 1. The molecule has 0 bridgehead atoms. The molecule has 0 unspecified atom stereocenters. The molecule has 1 nitrogen and oxygen atoms in total. The molecule has 0 radical (unpaired) electrons. The van der Waals surface area contributed by atoms with Crippen molar-refractivity contribution in [2.24, 2.45) is 0 Å². The first kappa shape index (κ1) is 9.84. The molecular weight excluding hydrogens is 261 g/mol. The monoisotopic (exact) mass is 275 g/mol. The molecule has 12 heavy (non-hydrogen) atoms. The van der Waals surface area contributed by atoms with Gasteiger partial charge in [-0.15, -0.1) is 0 Å². The highest BCUT2D eigenvalue weighted by atomic mass is 127. The van der Waals surface area contributed by atoms with Crippen molar-refractivity contribution in [1.29, 1.82) is 0 Å². The average molecular weight is 275 g/mol. The average Bonchev–Trinajstić information content (AvgIpc) is 2.08.